The molecule has 7 nitrogen and oxygen atoms in total. The van der Waals surface area contributed by atoms with Gasteiger partial charge in [0, 0.05) is 27.7 Å². The summed E-state index contributed by atoms with van der Waals surface area (Å²) in [6, 6.07) is 16.4. The number of hydrogen-bond acceptors (Lipinski definition) is 4. The van der Waals surface area contributed by atoms with Crippen LogP contribution in [0.5, 0.6) is 0 Å². The number of anilines is 1. The van der Waals surface area contributed by atoms with Crippen LogP contribution in [-0.2, 0) is 14.8 Å². The van der Waals surface area contributed by atoms with E-state index in [9.17, 15) is 13.2 Å². The molecule has 0 bridgehead atoms. The van der Waals surface area contributed by atoms with E-state index in [0.29, 0.717) is 10.7 Å². The lowest BCUT2D eigenvalue weighted by Crippen LogP contribution is -2.39. The number of hydrogen-bond donors (Lipinski definition) is 1. The monoisotopic (exact) mass is 472 g/mol. The first-order valence-corrected chi connectivity index (χ1v) is 12.1. The van der Waals surface area contributed by atoms with Crippen LogP contribution in [0, 0.1) is 20.8 Å². The number of aryl methyl sites for hydroxylation is 2. The second kappa shape index (κ2) is 9.58. The van der Waals surface area contributed by atoms with Crippen LogP contribution in [0.4, 0.5) is 5.69 Å². The molecule has 0 aliphatic rings. The van der Waals surface area contributed by atoms with Gasteiger partial charge in [0.1, 0.15) is 6.54 Å². The highest BCUT2D eigenvalue weighted by Gasteiger charge is 2.20. The van der Waals surface area contributed by atoms with E-state index in [0.717, 1.165) is 33.2 Å². The molecule has 0 aliphatic heterocycles. The minimum atomic E-state index is -3.67. The Morgan fingerprint density at radius 3 is 2.31 bits per heavy atom. The molecule has 0 saturated carbocycles. The number of nitrogens with zero attached hydrogens (tertiary/aromatic N) is 3. The van der Waals surface area contributed by atoms with Crippen LogP contribution in [0.15, 0.2) is 59.7 Å². The highest BCUT2D eigenvalue weighted by molar-refractivity contribution is 7.92. The van der Waals surface area contributed by atoms with Crippen molar-refractivity contribution < 1.29 is 13.2 Å². The Labute approximate surface area is 193 Å². The summed E-state index contributed by atoms with van der Waals surface area (Å²) in [6.07, 6.45) is 2.59. The SMILES string of the molecule is Cc1ccc(-n2c(C)cc(/C=N/NC(=O)CN(c3ccc(Cl)cc3)S(C)(=O)=O)c2C)cc1. The summed E-state index contributed by atoms with van der Waals surface area (Å²) in [5.74, 6) is -0.561. The minimum absolute atomic E-state index is 0.345. The summed E-state index contributed by atoms with van der Waals surface area (Å²) < 4.78 is 27.4. The third-order valence-electron chi connectivity index (χ3n) is 4.96. The molecule has 2 aromatic carbocycles. The summed E-state index contributed by atoms with van der Waals surface area (Å²) in [5, 5.41) is 4.50. The molecule has 9 heteroatoms. The fraction of sp³-hybridized carbons (Fsp3) is 0.217. The Balaban J connectivity index is 1.73. The van der Waals surface area contributed by atoms with E-state index in [1.807, 2.05) is 26.8 Å². The van der Waals surface area contributed by atoms with Crippen LogP contribution in [0.1, 0.15) is 22.5 Å². The van der Waals surface area contributed by atoms with E-state index < -0.39 is 22.5 Å². The molecule has 1 N–H and O–H groups in total. The Hall–Kier alpha value is -3.10. The highest BCUT2D eigenvalue weighted by atomic mass is 35.5. The quantitative estimate of drug-likeness (QED) is 0.417. The molecule has 0 spiro atoms. The van der Waals surface area contributed by atoms with Crippen LogP contribution < -0.4 is 9.73 Å². The van der Waals surface area contributed by atoms with Gasteiger partial charge in [0.05, 0.1) is 18.2 Å². The third-order valence-corrected chi connectivity index (χ3v) is 6.35. The molecule has 0 saturated heterocycles. The lowest BCUT2D eigenvalue weighted by molar-refractivity contribution is -0.119. The van der Waals surface area contributed by atoms with E-state index in [-0.39, 0.29) is 0 Å². The molecule has 3 rings (SSSR count). The standard InChI is InChI=1S/C23H25ClN4O3S/c1-16-5-9-22(10-6-16)28-17(2)13-19(18(28)3)14-25-26-23(29)15-27(32(4,30)31)21-11-7-20(24)8-12-21/h5-14H,15H2,1-4H3,(H,26,29)/b25-14+. The number of halogens is 1. The van der Waals surface area contributed by atoms with Gasteiger partial charge in [-0.25, -0.2) is 13.8 Å². The van der Waals surface area contributed by atoms with Gasteiger partial charge in [-0.1, -0.05) is 29.3 Å². The second-order valence-corrected chi connectivity index (χ2v) is 9.88. The number of amides is 1. The molecule has 32 heavy (non-hydrogen) atoms. The van der Waals surface area contributed by atoms with Gasteiger partial charge in [-0.15, -0.1) is 0 Å². The smallest absolute Gasteiger partial charge is 0.260 e. The molecule has 0 atom stereocenters. The maximum atomic E-state index is 12.4. The number of carbonyl (C=O) groups excluding carboxylic acids is 1. The largest absolute Gasteiger partial charge is 0.318 e. The van der Waals surface area contributed by atoms with Crippen molar-refractivity contribution in [2.45, 2.75) is 20.8 Å². The average molecular weight is 473 g/mol. The Kier molecular flexibility index (Phi) is 7.06. The van der Waals surface area contributed by atoms with Crippen molar-refractivity contribution in [3.8, 4) is 5.69 Å². The van der Waals surface area contributed by atoms with Crippen molar-refractivity contribution in [1.29, 1.82) is 0 Å². The number of hydrazone groups is 1. The first-order valence-electron chi connectivity index (χ1n) is 9.87. The molecule has 1 amide bonds. The number of nitrogens with one attached hydrogen (secondary N) is 1. The lowest BCUT2D eigenvalue weighted by atomic mass is 10.2. The maximum Gasteiger partial charge on any atom is 0.260 e. The predicted molar refractivity (Wildman–Crippen MR) is 129 cm³/mol. The van der Waals surface area contributed by atoms with Gasteiger partial charge in [0.15, 0.2) is 0 Å². The van der Waals surface area contributed by atoms with Crippen molar-refractivity contribution in [2.75, 3.05) is 17.1 Å². The first kappa shape index (κ1) is 23.6. The van der Waals surface area contributed by atoms with Gasteiger partial charge in [0.25, 0.3) is 5.91 Å². The van der Waals surface area contributed by atoms with E-state index in [1.165, 1.54) is 5.56 Å². The summed E-state index contributed by atoms with van der Waals surface area (Å²) in [5.41, 5.74) is 7.83. The second-order valence-electron chi connectivity index (χ2n) is 7.54. The zero-order valence-electron chi connectivity index (χ0n) is 18.3. The minimum Gasteiger partial charge on any atom is -0.318 e. The third kappa shape index (κ3) is 5.57. The summed E-state index contributed by atoms with van der Waals surface area (Å²) in [6.45, 7) is 5.61. The predicted octanol–water partition coefficient (Wildman–Crippen LogP) is 3.97. The van der Waals surface area contributed by atoms with Crippen molar-refractivity contribution >= 4 is 39.4 Å². The van der Waals surface area contributed by atoms with Crippen molar-refractivity contribution in [1.82, 2.24) is 9.99 Å². The Bertz CT molecular complexity index is 1250. The Morgan fingerprint density at radius 1 is 1.09 bits per heavy atom. The van der Waals surface area contributed by atoms with E-state index in [1.54, 1.807) is 30.5 Å². The van der Waals surface area contributed by atoms with Crippen LogP contribution in [-0.4, -0.2) is 37.9 Å². The van der Waals surface area contributed by atoms with E-state index in [4.69, 9.17) is 11.6 Å². The number of carbonyl (C=O) groups is 1. The van der Waals surface area contributed by atoms with Gasteiger partial charge in [-0.05, 0) is 63.2 Å². The molecule has 1 aromatic heterocycles. The summed E-state index contributed by atoms with van der Waals surface area (Å²) in [7, 11) is -3.67. The maximum absolute atomic E-state index is 12.4. The first-order chi connectivity index (χ1) is 15.1. The topological polar surface area (TPSA) is 83.8 Å². The average Bonchev–Trinajstić information content (AvgIpc) is 3.00. The molecule has 0 unspecified atom stereocenters. The summed E-state index contributed by atoms with van der Waals surface area (Å²) in [4.78, 5) is 12.4. The summed E-state index contributed by atoms with van der Waals surface area (Å²) >= 11 is 5.87. The van der Waals surface area contributed by atoms with Gasteiger partial charge in [0.2, 0.25) is 10.0 Å². The zero-order valence-corrected chi connectivity index (χ0v) is 19.9. The normalized spacial score (nSPS) is 11.7. The number of aromatic nitrogens is 1. The lowest BCUT2D eigenvalue weighted by Gasteiger charge is -2.21. The van der Waals surface area contributed by atoms with Crippen LogP contribution >= 0.6 is 11.6 Å². The van der Waals surface area contributed by atoms with Crippen LogP contribution in [0.3, 0.4) is 0 Å². The molecule has 168 valence electrons. The molecule has 0 fully saturated rings. The molecular weight excluding hydrogens is 448 g/mol. The van der Waals surface area contributed by atoms with Crippen LogP contribution in [0.25, 0.3) is 5.69 Å². The van der Waals surface area contributed by atoms with Crippen molar-refractivity contribution in [2.24, 2.45) is 5.10 Å². The molecule has 0 radical (unpaired) electrons. The highest BCUT2D eigenvalue weighted by Crippen LogP contribution is 2.21. The van der Waals surface area contributed by atoms with E-state index >= 15 is 0 Å². The molecular formula is C23H25ClN4O3S. The van der Waals surface area contributed by atoms with Gasteiger partial charge in [-0.3, -0.25) is 9.10 Å². The Morgan fingerprint density at radius 2 is 1.72 bits per heavy atom. The number of benzene rings is 2. The van der Waals surface area contributed by atoms with Gasteiger partial charge >= 0.3 is 0 Å². The van der Waals surface area contributed by atoms with E-state index in [2.05, 4.69) is 39.4 Å². The molecule has 3 aromatic rings. The fourth-order valence-corrected chi connectivity index (χ4v) is 4.34. The van der Waals surface area contributed by atoms with Gasteiger partial charge in [-0.2, -0.15) is 5.10 Å². The van der Waals surface area contributed by atoms with Crippen molar-refractivity contribution in [3.63, 3.8) is 0 Å². The molecule has 1 heterocycles. The zero-order chi connectivity index (χ0) is 23.5. The van der Waals surface area contributed by atoms with Gasteiger partial charge < -0.3 is 4.57 Å². The van der Waals surface area contributed by atoms with Crippen LogP contribution in [0.2, 0.25) is 5.02 Å². The van der Waals surface area contributed by atoms with Crippen molar-refractivity contribution in [3.05, 3.63) is 82.1 Å². The fourth-order valence-electron chi connectivity index (χ4n) is 3.36. The number of rotatable bonds is 7. The number of sulfonamides is 1. The molecule has 0 aliphatic carbocycles.